The smallest absolute Gasteiger partial charge is 0.267 e. The van der Waals surface area contributed by atoms with Gasteiger partial charge in [0, 0.05) is 16.6 Å². The van der Waals surface area contributed by atoms with E-state index < -0.39 is 6.04 Å². The number of anilines is 1. The summed E-state index contributed by atoms with van der Waals surface area (Å²) in [5, 5.41) is 7.25. The second-order valence-electron chi connectivity index (χ2n) is 5.65. The van der Waals surface area contributed by atoms with Crippen LogP contribution in [-0.4, -0.2) is 21.9 Å². The average Bonchev–Trinajstić information content (AvgIpc) is 3.00. The van der Waals surface area contributed by atoms with E-state index >= 15 is 0 Å². The van der Waals surface area contributed by atoms with Gasteiger partial charge in [-0.3, -0.25) is 9.59 Å². The molecular weight excluding hydrogens is 310 g/mol. The van der Waals surface area contributed by atoms with Gasteiger partial charge in [-0.25, -0.2) is 4.68 Å². The zero-order valence-corrected chi connectivity index (χ0v) is 14.0. The molecule has 120 valence electrons. The minimum Gasteiger partial charge on any atom is -0.324 e. The highest BCUT2D eigenvalue weighted by Crippen LogP contribution is 2.21. The third kappa shape index (κ3) is 3.32. The summed E-state index contributed by atoms with van der Waals surface area (Å²) in [4.78, 5) is 25.7. The molecule has 0 aliphatic heterocycles. The predicted molar refractivity (Wildman–Crippen MR) is 92.1 cm³/mol. The molecule has 0 fully saturated rings. The quantitative estimate of drug-likeness (QED) is 0.876. The lowest BCUT2D eigenvalue weighted by Gasteiger charge is -2.15. The van der Waals surface area contributed by atoms with Gasteiger partial charge in [0.15, 0.2) is 0 Å². The van der Waals surface area contributed by atoms with Crippen molar-refractivity contribution in [2.75, 3.05) is 11.6 Å². The number of aromatic nitrogens is 2. The number of amides is 1. The largest absolute Gasteiger partial charge is 0.324 e. The Morgan fingerprint density at radius 3 is 2.96 bits per heavy atom. The first-order valence-electron chi connectivity index (χ1n) is 7.65. The van der Waals surface area contributed by atoms with Crippen LogP contribution in [0.4, 0.5) is 5.69 Å². The first kappa shape index (κ1) is 15.8. The molecule has 1 aliphatic rings. The van der Waals surface area contributed by atoms with Gasteiger partial charge < -0.3 is 5.32 Å². The van der Waals surface area contributed by atoms with Crippen LogP contribution in [0.5, 0.6) is 0 Å². The summed E-state index contributed by atoms with van der Waals surface area (Å²) in [6.45, 7) is 1.70. The van der Waals surface area contributed by atoms with Gasteiger partial charge in [0.2, 0.25) is 5.91 Å². The van der Waals surface area contributed by atoms with Crippen molar-refractivity contribution < 1.29 is 4.79 Å². The minimum absolute atomic E-state index is 0.217. The highest BCUT2D eigenvalue weighted by atomic mass is 32.2. The van der Waals surface area contributed by atoms with E-state index in [9.17, 15) is 9.59 Å². The molecule has 2 aromatic rings. The Labute approximate surface area is 139 Å². The molecule has 1 aliphatic carbocycles. The fourth-order valence-electron chi connectivity index (χ4n) is 2.75. The maximum absolute atomic E-state index is 12.4. The van der Waals surface area contributed by atoms with Gasteiger partial charge in [0.05, 0.1) is 5.69 Å². The van der Waals surface area contributed by atoms with Gasteiger partial charge in [0.1, 0.15) is 6.04 Å². The Bertz CT molecular complexity index is 801. The first-order valence-corrected chi connectivity index (χ1v) is 8.87. The van der Waals surface area contributed by atoms with Crippen LogP contribution in [0, 0.1) is 0 Å². The molecule has 0 bridgehead atoms. The van der Waals surface area contributed by atoms with Crippen molar-refractivity contribution in [3.05, 3.63) is 51.9 Å². The topological polar surface area (TPSA) is 64.0 Å². The molecule has 1 aromatic carbocycles. The molecule has 0 saturated heterocycles. The molecule has 5 nitrogen and oxygen atoms in total. The summed E-state index contributed by atoms with van der Waals surface area (Å²) in [6, 6.07) is 8.60. The van der Waals surface area contributed by atoms with E-state index in [1.165, 1.54) is 4.68 Å². The zero-order chi connectivity index (χ0) is 16.4. The number of nitrogens with one attached hydrogen (secondary N) is 1. The van der Waals surface area contributed by atoms with Crippen molar-refractivity contribution >= 4 is 23.4 Å². The predicted octanol–water partition coefficient (Wildman–Crippen LogP) is 2.65. The summed E-state index contributed by atoms with van der Waals surface area (Å²) in [7, 11) is 0. The summed E-state index contributed by atoms with van der Waals surface area (Å²) >= 11 is 1.61. The second kappa shape index (κ2) is 6.58. The number of benzene rings is 1. The maximum Gasteiger partial charge on any atom is 0.267 e. The monoisotopic (exact) mass is 329 g/mol. The molecule has 3 rings (SSSR count). The van der Waals surface area contributed by atoms with Crippen molar-refractivity contribution in [3.8, 4) is 0 Å². The van der Waals surface area contributed by atoms with Gasteiger partial charge in [-0.1, -0.05) is 6.07 Å². The van der Waals surface area contributed by atoms with Crippen LogP contribution in [0.1, 0.15) is 30.6 Å². The number of carbonyl (C=O) groups excluding carboxylic acids is 1. The van der Waals surface area contributed by atoms with E-state index in [2.05, 4.69) is 10.4 Å². The molecule has 1 N–H and O–H groups in total. The lowest BCUT2D eigenvalue weighted by atomic mass is 10.2. The molecule has 1 atom stereocenters. The van der Waals surface area contributed by atoms with E-state index in [1.807, 2.05) is 30.5 Å². The SMILES string of the molecule is CSc1cccc(NC(=O)C(C)n2nc3c(cc2=O)CCC3)c1. The third-order valence-electron chi connectivity index (χ3n) is 4.07. The van der Waals surface area contributed by atoms with Crippen LogP contribution >= 0.6 is 11.8 Å². The fraction of sp³-hybridized carbons (Fsp3) is 0.353. The van der Waals surface area contributed by atoms with Crippen LogP contribution in [0.2, 0.25) is 0 Å². The Kier molecular flexibility index (Phi) is 4.52. The number of hydrogen-bond acceptors (Lipinski definition) is 4. The normalized spacial score (nSPS) is 14.3. The summed E-state index contributed by atoms with van der Waals surface area (Å²) in [5.41, 5.74) is 2.47. The Balaban J connectivity index is 1.81. The Hall–Kier alpha value is -2.08. The number of fused-ring (bicyclic) bond motifs is 1. The van der Waals surface area contributed by atoms with Crippen molar-refractivity contribution in [2.45, 2.75) is 37.1 Å². The fourth-order valence-corrected chi connectivity index (χ4v) is 3.21. The molecule has 0 saturated carbocycles. The third-order valence-corrected chi connectivity index (χ3v) is 4.79. The van der Waals surface area contributed by atoms with E-state index in [0.29, 0.717) is 0 Å². The molecule has 1 heterocycles. The number of aryl methyl sites for hydroxylation is 2. The molecular formula is C17H19N3O2S. The van der Waals surface area contributed by atoms with Gasteiger partial charge in [0.25, 0.3) is 5.56 Å². The van der Waals surface area contributed by atoms with Gasteiger partial charge in [-0.2, -0.15) is 5.10 Å². The van der Waals surface area contributed by atoms with E-state index in [4.69, 9.17) is 0 Å². The summed E-state index contributed by atoms with van der Waals surface area (Å²) in [6.07, 6.45) is 4.78. The van der Waals surface area contributed by atoms with Gasteiger partial charge in [-0.15, -0.1) is 11.8 Å². The van der Waals surface area contributed by atoms with Crippen molar-refractivity contribution in [1.29, 1.82) is 0 Å². The lowest BCUT2D eigenvalue weighted by molar-refractivity contribution is -0.119. The maximum atomic E-state index is 12.4. The zero-order valence-electron chi connectivity index (χ0n) is 13.2. The van der Waals surface area contributed by atoms with E-state index in [0.717, 1.165) is 41.1 Å². The molecule has 0 radical (unpaired) electrons. The van der Waals surface area contributed by atoms with Crippen LogP contribution in [0.25, 0.3) is 0 Å². The van der Waals surface area contributed by atoms with Crippen molar-refractivity contribution in [2.24, 2.45) is 0 Å². The van der Waals surface area contributed by atoms with Crippen LogP contribution in [0.3, 0.4) is 0 Å². The molecule has 6 heteroatoms. The number of carbonyl (C=O) groups is 1. The number of nitrogens with zero attached hydrogens (tertiary/aromatic N) is 2. The highest BCUT2D eigenvalue weighted by molar-refractivity contribution is 7.98. The molecule has 1 aromatic heterocycles. The lowest BCUT2D eigenvalue weighted by Crippen LogP contribution is -2.34. The first-order chi connectivity index (χ1) is 11.1. The summed E-state index contributed by atoms with van der Waals surface area (Å²) < 4.78 is 1.29. The minimum atomic E-state index is -0.647. The molecule has 0 spiro atoms. The van der Waals surface area contributed by atoms with Gasteiger partial charge in [-0.05, 0) is 56.2 Å². The Morgan fingerprint density at radius 2 is 2.17 bits per heavy atom. The molecule has 23 heavy (non-hydrogen) atoms. The van der Waals surface area contributed by atoms with Crippen LogP contribution in [-0.2, 0) is 17.6 Å². The molecule has 1 amide bonds. The van der Waals surface area contributed by atoms with Gasteiger partial charge >= 0.3 is 0 Å². The number of rotatable bonds is 4. The number of hydrogen-bond donors (Lipinski definition) is 1. The van der Waals surface area contributed by atoms with E-state index in [-0.39, 0.29) is 11.5 Å². The highest BCUT2D eigenvalue weighted by Gasteiger charge is 2.21. The van der Waals surface area contributed by atoms with Crippen molar-refractivity contribution in [3.63, 3.8) is 0 Å². The average molecular weight is 329 g/mol. The van der Waals surface area contributed by atoms with Crippen LogP contribution < -0.4 is 10.9 Å². The Morgan fingerprint density at radius 1 is 1.35 bits per heavy atom. The van der Waals surface area contributed by atoms with Crippen LogP contribution in [0.15, 0.2) is 40.0 Å². The molecule has 1 unspecified atom stereocenters. The standard InChI is InChI=1S/C17H19N3O2S/c1-11(17(22)18-13-6-4-7-14(10-13)23-2)20-16(21)9-12-5-3-8-15(12)19-20/h4,6-7,9-11H,3,5,8H2,1-2H3,(H,18,22). The summed E-state index contributed by atoms with van der Waals surface area (Å²) in [5.74, 6) is -0.240. The van der Waals surface area contributed by atoms with E-state index in [1.54, 1.807) is 24.8 Å². The van der Waals surface area contributed by atoms with Crippen molar-refractivity contribution in [1.82, 2.24) is 9.78 Å². The second-order valence-corrected chi connectivity index (χ2v) is 6.53. The number of thioether (sulfide) groups is 1.